The Morgan fingerprint density at radius 3 is 2.93 bits per heavy atom. The predicted octanol–water partition coefficient (Wildman–Crippen LogP) is 2.14. The largest absolute Gasteiger partial charge is 0.368 e. The van der Waals surface area contributed by atoms with E-state index >= 15 is 0 Å². The van der Waals surface area contributed by atoms with Crippen LogP contribution in [0.4, 0.5) is 10.1 Å². The lowest BCUT2D eigenvalue weighted by Gasteiger charge is -2.28. The minimum Gasteiger partial charge on any atom is -0.368 e. The van der Waals surface area contributed by atoms with Crippen molar-refractivity contribution in [2.75, 3.05) is 18.0 Å². The number of nitrogens with one attached hydrogen (secondary N) is 1. The SMILES string of the molecule is CC(C)N1CCNCc2cc(F)ccc21. The van der Waals surface area contributed by atoms with Gasteiger partial charge in [0.15, 0.2) is 0 Å². The zero-order chi connectivity index (χ0) is 10.8. The number of hydrogen-bond acceptors (Lipinski definition) is 2. The van der Waals surface area contributed by atoms with E-state index in [1.165, 1.54) is 0 Å². The summed E-state index contributed by atoms with van der Waals surface area (Å²) in [6, 6.07) is 5.51. The van der Waals surface area contributed by atoms with E-state index in [-0.39, 0.29) is 5.82 Å². The second-order valence-corrected chi connectivity index (χ2v) is 4.24. The molecule has 1 aliphatic rings. The van der Waals surface area contributed by atoms with Gasteiger partial charge in [-0.15, -0.1) is 0 Å². The van der Waals surface area contributed by atoms with Crippen molar-refractivity contribution in [2.45, 2.75) is 26.4 Å². The summed E-state index contributed by atoms with van der Waals surface area (Å²) in [5, 5.41) is 3.31. The summed E-state index contributed by atoms with van der Waals surface area (Å²) in [6.45, 7) is 7.03. The molecule has 0 atom stereocenters. The van der Waals surface area contributed by atoms with Crippen LogP contribution in [0.3, 0.4) is 0 Å². The fourth-order valence-electron chi connectivity index (χ4n) is 2.06. The zero-order valence-electron chi connectivity index (χ0n) is 9.26. The maximum atomic E-state index is 13.1. The Morgan fingerprint density at radius 2 is 2.20 bits per heavy atom. The van der Waals surface area contributed by atoms with Gasteiger partial charge in [0.25, 0.3) is 0 Å². The zero-order valence-corrected chi connectivity index (χ0v) is 9.26. The number of anilines is 1. The highest BCUT2D eigenvalue weighted by molar-refractivity contribution is 5.55. The molecule has 0 radical (unpaired) electrons. The second-order valence-electron chi connectivity index (χ2n) is 4.24. The first-order valence-electron chi connectivity index (χ1n) is 5.44. The van der Waals surface area contributed by atoms with Gasteiger partial charge in [-0.05, 0) is 37.6 Å². The van der Waals surface area contributed by atoms with Crippen LogP contribution in [0.2, 0.25) is 0 Å². The van der Waals surface area contributed by atoms with Crippen LogP contribution in [-0.2, 0) is 6.54 Å². The summed E-state index contributed by atoms with van der Waals surface area (Å²) in [5.74, 6) is -0.152. The van der Waals surface area contributed by atoms with Gasteiger partial charge in [0, 0.05) is 31.4 Å². The maximum absolute atomic E-state index is 13.1. The van der Waals surface area contributed by atoms with Crippen molar-refractivity contribution in [2.24, 2.45) is 0 Å². The molecule has 1 heterocycles. The van der Waals surface area contributed by atoms with Crippen LogP contribution < -0.4 is 10.2 Å². The number of benzene rings is 1. The van der Waals surface area contributed by atoms with Gasteiger partial charge >= 0.3 is 0 Å². The third-order valence-corrected chi connectivity index (χ3v) is 2.82. The smallest absolute Gasteiger partial charge is 0.123 e. The summed E-state index contributed by atoms with van der Waals surface area (Å²) in [7, 11) is 0. The minimum absolute atomic E-state index is 0.152. The van der Waals surface area contributed by atoms with Gasteiger partial charge in [0.2, 0.25) is 0 Å². The standard InChI is InChI=1S/C12H17FN2/c1-9(2)15-6-5-14-8-10-7-11(13)3-4-12(10)15/h3-4,7,9,14H,5-6,8H2,1-2H3. The van der Waals surface area contributed by atoms with E-state index in [1.54, 1.807) is 12.1 Å². The first-order chi connectivity index (χ1) is 7.18. The van der Waals surface area contributed by atoms with Crippen LogP contribution in [0.5, 0.6) is 0 Å². The quantitative estimate of drug-likeness (QED) is 0.760. The van der Waals surface area contributed by atoms with Gasteiger partial charge in [0.05, 0.1) is 0 Å². The molecule has 15 heavy (non-hydrogen) atoms. The Labute approximate surface area is 90.1 Å². The lowest BCUT2D eigenvalue weighted by molar-refractivity contribution is 0.623. The average Bonchev–Trinajstić information content (AvgIpc) is 2.38. The van der Waals surface area contributed by atoms with Crippen molar-refractivity contribution in [3.05, 3.63) is 29.6 Å². The molecule has 0 bridgehead atoms. The highest BCUT2D eigenvalue weighted by Gasteiger charge is 2.17. The minimum atomic E-state index is -0.152. The molecule has 0 aliphatic carbocycles. The summed E-state index contributed by atoms with van der Waals surface area (Å²) < 4.78 is 13.1. The second kappa shape index (κ2) is 4.19. The summed E-state index contributed by atoms with van der Waals surface area (Å²) in [4.78, 5) is 2.31. The molecular formula is C12H17FN2. The number of rotatable bonds is 1. The summed E-state index contributed by atoms with van der Waals surface area (Å²) >= 11 is 0. The molecule has 0 spiro atoms. The average molecular weight is 208 g/mol. The number of nitrogens with zero attached hydrogens (tertiary/aromatic N) is 1. The van der Waals surface area contributed by atoms with E-state index in [0.717, 1.165) is 30.9 Å². The Hall–Kier alpha value is -1.09. The monoisotopic (exact) mass is 208 g/mol. The Bertz CT molecular complexity index is 349. The molecule has 3 heteroatoms. The van der Waals surface area contributed by atoms with Gasteiger partial charge in [0.1, 0.15) is 5.82 Å². The Morgan fingerprint density at radius 1 is 1.40 bits per heavy atom. The maximum Gasteiger partial charge on any atom is 0.123 e. The Kier molecular flexibility index (Phi) is 2.91. The van der Waals surface area contributed by atoms with Gasteiger partial charge in [-0.25, -0.2) is 4.39 Å². The van der Waals surface area contributed by atoms with Crippen LogP contribution >= 0.6 is 0 Å². The normalized spacial score (nSPS) is 16.4. The van der Waals surface area contributed by atoms with Crippen molar-refractivity contribution in [1.29, 1.82) is 0 Å². The van der Waals surface area contributed by atoms with Crippen molar-refractivity contribution in [3.8, 4) is 0 Å². The van der Waals surface area contributed by atoms with E-state index in [1.807, 2.05) is 6.07 Å². The van der Waals surface area contributed by atoms with Crippen LogP contribution in [-0.4, -0.2) is 19.1 Å². The highest BCUT2D eigenvalue weighted by atomic mass is 19.1. The van der Waals surface area contributed by atoms with Crippen molar-refractivity contribution in [3.63, 3.8) is 0 Å². The molecule has 1 aliphatic heterocycles. The molecule has 0 fully saturated rings. The molecule has 0 amide bonds. The fraction of sp³-hybridized carbons (Fsp3) is 0.500. The fourth-order valence-corrected chi connectivity index (χ4v) is 2.06. The van der Waals surface area contributed by atoms with Gasteiger partial charge in [-0.1, -0.05) is 0 Å². The molecule has 2 rings (SSSR count). The van der Waals surface area contributed by atoms with Crippen LogP contribution in [0.15, 0.2) is 18.2 Å². The highest BCUT2D eigenvalue weighted by Crippen LogP contribution is 2.24. The van der Waals surface area contributed by atoms with E-state index in [0.29, 0.717) is 6.04 Å². The third-order valence-electron chi connectivity index (χ3n) is 2.82. The molecule has 1 N–H and O–H groups in total. The molecule has 82 valence electrons. The molecule has 0 unspecified atom stereocenters. The lowest BCUT2D eigenvalue weighted by atomic mass is 10.1. The van der Waals surface area contributed by atoms with Crippen molar-refractivity contribution < 1.29 is 4.39 Å². The van der Waals surface area contributed by atoms with Crippen LogP contribution in [0, 0.1) is 5.82 Å². The Balaban J connectivity index is 2.40. The molecule has 0 saturated carbocycles. The van der Waals surface area contributed by atoms with E-state index in [9.17, 15) is 4.39 Å². The van der Waals surface area contributed by atoms with Gasteiger partial charge in [-0.3, -0.25) is 0 Å². The van der Waals surface area contributed by atoms with Crippen LogP contribution in [0.1, 0.15) is 19.4 Å². The van der Waals surface area contributed by atoms with E-state index in [2.05, 4.69) is 24.1 Å². The molecule has 0 aromatic heterocycles. The number of halogens is 1. The number of fused-ring (bicyclic) bond motifs is 1. The van der Waals surface area contributed by atoms with Gasteiger partial charge in [-0.2, -0.15) is 0 Å². The summed E-state index contributed by atoms with van der Waals surface area (Å²) in [6.07, 6.45) is 0. The van der Waals surface area contributed by atoms with Crippen molar-refractivity contribution >= 4 is 5.69 Å². The number of hydrogen-bond donors (Lipinski definition) is 1. The summed E-state index contributed by atoms with van der Waals surface area (Å²) in [5.41, 5.74) is 2.22. The molecule has 1 aromatic rings. The molecular weight excluding hydrogens is 191 g/mol. The van der Waals surface area contributed by atoms with E-state index in [4.69, 9.17) is 0 Å². The van der Waals surface area contributed by atoms with Gasteiger partial charge < -0.3 is 10.2 Å². The topological polar surface area (TPSA) is 15.3 Å². The molecule has 1 aromatic carbocycles. The molecule has 2 nitrogen and oxygen atoms in total. The third kappa shape index (κ3) is 2.12. The lowest BCUT2D eigenvalue weighted by Crippen LogP contribution is -2.34. The first-order valence-corrected chi connectivity index (χ1v) is 5.44. The first kappa shape index (κ1) is 10.4. The van der Waals surface area contributed by atoms with E-state index < -0.39 is 0 Å². The molecule has 0 saturated heterocycles. The van der Waals surface area contributed by atoms with Crippen LogP contribution in [0.25, 0.3) is 0 Å². The predicted molar refractivity (Wildman–Crippen MR) is 60.6 cm³/mol. The van der Waals surface area contributed by atoms with Crippen molar-refractivity contribution in [1.82, 2.24) is 5.32 Å².